The van der Waals surface area contributed by atoms with E-state index >= 15 is 0 Å². The van der Waals surface area contributed by atoms with Crippen molar-refractivity contribution < 1.29 is 18.6 Å². The molecule has 1 atom stereocenters. The molecular weight excluding hydrogens is 276 g/mol. The van der Waals surface area contributed by atoms with E-state index in [-0.39, 0.29) is 22.8 Å². The molecule has 1 aromatic carbocycles. The zero-order chi connectivity index (χ0) is 15.6. The predicted molar refractivity (Wildman–Crippen MR) is 75.2 cm³/mol. The van der Waals surface area contributed by atoms with E-state index in [2.05, 4.69) is 4.98 Å². The van der Waals surface area contributed by atoms with E-state index in [9.17, 15) is 13.9 Å². The topological polar surface area (TPSA) is 42.4 Å². The molecule has 0 fully saturated rings. The van der Waals surface area contributed by atoms with Crippen molar-refractivity contribution in [3.63, 3.8) is 0 Å². The van der Waals surface area contributed by atoms with Crippen LogP contribution in [0.5, 0.6) is 5.75 Å². The average Bonchev–Trinajstić information content (AvgIpc) is 2.43. The maximum Gasteiger partial charge on any atom is 0.138 e. The largest absolute Gasteiger partial charge is 0.489 e. The number of benzene rings is 1. The summed E-state index contributed by atoms with van der Waals surface area (Å²) in [5.74, 6) is -1.10. The zero-order valence-corrected chi connectivity index (χ0v) is 12.1. The third-order valence-electron chi connectivity index (χ3n) is 3.01. The van der Waals surface area contributed by atoms with Crippen molar-refractivity contribution in [2.75, 3.05) is 0 Å². The smallest absolute Gasteiger partial charge is 0.138 e. The fourth-order valence-corrected chi connectivity index (χ4v) is 2.02. The van der Waals surface area contributed by atoms with Crippen molar-refractivity contribution in [3.8, 4) is 5.75 Å². The van der Waals surface area contributed by atoms with E-state index in [1.165, 1.54) is 31.5 Å². The normalized spacial score (nSPS) is 12.5. The van der Waals surface area contributed by atoms with Crippen LogP contribution >= 0.6 is 0 Å². The zero-order valence-electron chi connectivity index (χ0n) is 12.1. The summed E-state index contributed by atoms with van der Waals surface area (Å²) in [5.41, 5.74) is 0.169. The monoisotopic (exact) mass is 293 g/mol. The van der Waals surface area contributed by atoms with Gasteiger partial charge in [0.05, 0.1) is 17.9 Å². The van der Waals surface area contributed by atoms with Gasteiger partial charge in [0.1, 0.15) is 23.5 Å². The molecule has 0 aliphatic rings. The summed E-state index contributed by atoms with van der Waals surface area (Å²) in [6.45, 7) is 5.22. The van der Waals surface area contributed by atoms with Crippen LogP contribution in [0.4, 0.5) is 8.78 Å². The van der Waals surface area contributed by atoms with Crippen molar-refractivity contribution >= 4 is 0 Å². The van der Waals surface area contributed by atoms with Crippen LogP contribution in [0.25, 0.3) is 0 Å². The number of rotatable bonds is 4. The summed E-state index contributed by atoms with van der Waals surface area (Å²) in [7, 11) is 0. The third-order valence-corrected chi connectivity index (χ3v) is 3.01. The van der Waals surface area contributed by atoms with Gasteiger partial charge in [-0.15, -0.1) is 0 Å². The maximum atomic E-state index is 14.1. The molecule has 2 aromatic rings. The van der Waals surface area contributed by atoms with Crippen molar-refractivity contribution in [3.05, 3.63) is 58.9 Å². The number of aromatic nitrogens is 1. The number of ether oxygens (including phenoxy) is 1. The molecule has 0 radical (unpaired) electrons. The van der Waals surface area contributed by atoms with Crippen LogP contribution in [0.1, 0.15) is 36.6 Å². The number of aliphatic hydroxyl groups is 1. The van der Waals surface area contributed by atoms with Crippen molar-refractivity contribution in [1.29, 1.82) is 0 Å². The first-order chi connectivity index (χ1) is 9.90. The average molecular weight is 293 g/mol. The van der Waals surface area contributed by atoms with Crippen LogP contribution in [0, 0.1) is 18.6 Å². The maximum absolute atomic E-state index is 14.1. The lowest BCUT2D eigenvalue weighted by molar-refractivity contribution is 0.205. The molecule has 0 saturated heterocycles. The van der Waals surface area contributed by atoms with Crippen LogP contribution in [-0.4, -0.2) is 16.2 Å². The highest BCUT2D eigenvalue weighted by Crippen LogP contribution is 2.29. The Morgan fingerprint density at radius 3 is 2.57 bits per heavy atom. The molecule has 0 bridgehead atoms. The second-order valence-corrected chi connectivity index (χ2v) is 5.12. The second kappa shape index (κ2) is 6.18. The van der Waals surface area contributed by atoms with E-state index < -0.39 is 17.7 Å². The highest BCUT2D eigenvalue weighted by atomic mass is 19.1. The highest BCUT2D eigenvalue weighted by Gasteiger charge is 2.22. The molecule has 3 nitrogen and oxygen atoms in total. The molecule has 112 valence electrons. The Balaban J connectivity index is 2.41. The van der Waals surface area contributed by atoms with Crippen LogP contribution in [0.3, 0.4) is 0 Å². The van der Waals surface area contributed by atoms with Gasteiger partial charge in [0.2, 0.25) is 0 Å². The van der Waals surface area contributed by atoms with Crippen molar-refractivity contribution in [1.82, 2.24) is 4.98 Å². The van der Waals surface area contributed by atoms with E-state index in [4.69, 9.17) is 4.74 Å². The summed E-state index contributed by atoms with van der Waals surface area (Å²) in [4.78, 5) is 3.94. The lowest BCUT2D eigenvalue weighted by Crippen LogP contribution is -2.09. The number of halogens is 2. The molecule has 21 heavy (non-hydrogen) atoms. The first kappa shape index (κ1) is 15.4. The van der Waals surface area contributed by atoms with Gasteiger partial charge >= 0.3 is 0 Å². The molecule has 0 amide bonds. The van der Waals surface area contributed by atoms with Gasteiger partial charge in [-0.1, -0.05) is 6.07 Å². The first-order valence-electron chi connectivity index (χ1n) is 6.64. The number of aliphatic hydroxyl groups excluding tert-OH is 1. The van der Waals surface area contributed by atoms with Crippen LogP contribution in [0.15, 0.2) is 30.6 Å². The number of hydrogen-bond donors (Lipinski definition) is 1. The molecule has 0 spiro atoms. The van der Waals surface area contributed by atoms with Crippen LogP contribution in [0.2, 0.25) is 0 Å². The van der Waals surface area contributed by atoms with Crippen molar-refractivity contribution in [2.45, 2.75) is 33.0 Å². The minimum absolute atomic E-state index is 0.0633. The molecule has 0 saturated carbocycles. The number of hydrogen-bond acceptors (Lipinski definition) is 3. The highest BCUT2D eigenvalue weighted by molar-refractivity contribution is 5.36. The van der Waals surface area contributed by atoms with Gasteiger partial charge in [-0.3, -0.25) is 4.98 Å². The fraction of sp³-hybridized carbons (Fsp3) is 0.312. The third kappa shape index (κ3) is 3.36. The number of aryl methyl sites for hydroxylation is 1. The van der Waals surface area contributed by atoms with Crippen LogP contribution in [-0.2, 0) is 0 Å². The molecule has 1 aromatic heterocycles. The summed E-state index contributed by atoms with van der Waals surface area (Å²) >= 11 is 0. The fourth-order valence-electron chi connectivity index (χ4n) is 2.02. The van der Waals surface area contributed by atoms with E-state index in [1.54, 1.807) is 0 Å². The molecule has 2 rings (SSSR count). The van der Waals surface area contributed by atoms with Gasteiger partial charge in [-0.05, 0) is 38.5 Å². The Bertz CT molecular complexity index is 644. The van der Waals surface area contributed by atoms with E-state index in [0.29, 0.717) is 5.75 Å². The summed E-state index contributed by atoms with van der Waals surface area (Å²) in [6.07, 6.45) is 1.35. The molecule has 0 aliphatic heterocycles. The van der Waals surface area contributed by atoms with Gasteiger partial charge < -0.3 is 9.84 Å². The Morgan fingerprint density at radius 1 is 1.19 bits per heavy atom. The quantitative estimate of drug-likeness (QED) is 0.937. The minimum atomic E-state index is -1.44. The van der Waals surface area contributed by atoms with Crippen LogP contribution < -0.4 is 4.74 Å². The number of nitrogens with zero attached hydrogens (tertiary/aromatic N) is 1. The molecule has 1 heterocycles. The van der Waals surface area contributed by atoms with Gasteiger partial charge in [0, 0.05) is 11.8 Å². The van der Waals surface area contributed by atoms with Gasteiger partial charge in [0.25, 0.3) is 0 Å². The number of pyridine rings is 1. The van der Waals surface area contributed by atoms with Gasteiger partial charge in [-0.25, -0.2) is 8.78 Å². The lowest BCUT2D eigenvalue weighted by atomic mass is 9.99. The Kier molecular flexibility index (Phi) is 4.53. The summed E-state index contributed by atoms with van der Waals surface area (Å²) < 4.78 is 33.3. The Morgan fingerprint density at radius 2 is 1.90 bits per heavy atom. The predicted octanol–water partition coefficient (Wildman–Crippen LogP) is 3.54. The second-order valence-electron chi connectivity index (χ2n) is 5.12. The SMILES string of the molecule is Cc1ccc(F)c(C(O)c2cncc(OC(C)C)c2)c1F. The molecule has 1 unspecified atom stereocenters. The minimum Gasteiger partial charge on any atom is -0.489 e. The van der Waals surface area contributed by atoms with Gasteiger partial charge in [-0.2, -0.15) is 0 Å². The Labute approximate surface area is 122 Å². The summed E-state index contributed by atoms with van der Waals surface area (Å²) in [5, 5.41) is 10.3. The molecule has 1 N–H and O–H groups in total. The molecule has 5 heteroatoms. The standard InChI is InChI=1S/C16H17F2NO2/c1-9(2)21-12-6-11(7-19-8-12)16(20)14-13(17)5-4-10(3)15(14)18/h4-9,16,20H,1-3H3. The Hall–Kier alpha value is -2.01. The summed E-state index contributed by atoms with van der Waals surface area (Å²) in [6, 6.07) is 4.00. The van der Waals surface area contributed by atoms with Gasteiger partial charge in [0.15, 0.2) is 0 Å². The molecular formula is C16H17F2NO2. The van der Waals surface area contributed by atoms with Crippen molar-refractivity contribution in [2.24, 2.45) is 0 Å². The lowest BCUT2D eigenvalue weighted by Gasteiger charge is -2.16. The van der Waals surface area contributed by atoms with E-state index in [0.717, 1.165) is 6.07 Å². The molecule has 0 aliphatic carbocycles. The van der Waals surface area contributed by atoms with E-state index in [1.807, 2.05) is 13.8 Å². The first-order valence-corrected chi connectivity index (χ1v) is 6.64.